The van der Waals surface area contributed by atoms with Gasteiger partial charge in [0.15, 0.2) is 0 Å². The molecule has 0 aliphatic carbocycles. The second-order valence-electron chi connectivity index (χ2n) is 8.21. The first-order valence-corrected chi connectivity index (χ1v) is 13.3. The molecule has 2 fully saturated rings. The summed E-state index contributed by atoms with van der Waals surface area (Å²) in [6, 6.07) is 6.56. The van der Waals surface area contributed by atoms with Gasteiger partial charge in [0.1, 0.15) is 0 Å². The van der Waals surface area contributed by atoms with Gasteiger partial charge in [-0.3, -0.25) is 4.79 Å². The topological polar surface area (TPSA) is 106 Å². The molecule has 174 valence electrons. The van der Waals surface area contributed by atoms with E-state index in [1.807, 2.05) is 13.8 Å². The van der Waals surface area contributed by atoms with Crippen molar-refractivity contribution in [3.8, 4) is 11.5 Å². The van der Waals surface area contributed by atoms with Crippen molar-refractivity contribution in [2.45, 2.75) is 55.4 Å². The highest BCUT2D eigenvalue weighted by Gasteiger charge is 2.28. The number of hydrogen-bond acceptors (Lipinski definition) is 8. The molecule has 32 heavy (non-hydrogen) atoms. The maximum absolute atomic E-state index is 13.0. The van der Waals surface area contributed by atoms with Gasteiger partial charge in [0.25, 0.3) is 5.22 Å². The third kappa shape index (κ3) is 5.33. The van der Waals surface area contributed by atoms with Crippen molar-refractivity contribution in [1.82, 2.24) is 19.4 Å². The standard InChI is InChI=1S/C21H28N4O5S2/c1-15-12-24(13-16(2)29-15)19(26)14-31-21-23-22-20(30-21)17-7-6-8-18(11-17)32(27,28)25-9-4-3-5-10-25/h6-8,11,15-16H,3-5,9-10,12-14H2,1-2H3. The number of thioether (sulfide) groups is 1. The van der Waals surface area contributed by atoms with Gasteiger partial charge in [-0.15, -0.1) is 10.2 Å². The normalized spacial score (nSPS) is 22.8. The van der Waals surface area contributed by atoms with Gasteiger partial charge in [-0.25, -0.2) is 8.42 Å². The number of sulfonamides is 1. The lowest BCUT2D eigenvalue weighted by Crippen LogP contribution is -2.48. The number of carbonyl (C=O) groups is 1. The van der Waals surface area contributed by atoms with Gasteiger partial charge in [-0.05, 0) is 44.9 Å². The predicted molar refractivity (Wildman–Crippen MR) is 120 cm³/mol. The molecule has 2 aliphatic heterocycles. The second-order valence-corrected chi connectivity index (χ2v) is 11.1. The Morgan fingerprint density at radius 1 is 1.12 bits per heavy atom. The molecule has 2 aromatic rings. The Kier molecular flexibility index (Phi) is 7.18. The summed E-state index contributed by atoms with van der Waals surface area (Å²) in [6.07, 6.45) is 2.84. The van der Waals surface area contributed by atoms with Gasteiger partial charge in [0.2, 0.25) is 21.8 Å². The molecular formula is C21H28N4O5S2. The lowest BCUT2D eigenvalue weighted by Gasteiger charge is -2.35. The van der Waals surface area contributed by atoms with Crippen LogP contribution in [0.15, 0.2) is 38.8 Å². The van der Waals surface area contributed by atoms with Crippen molar-refractivity contribution in [2.75, 3.05) is 31.9 Å². The van der Waals surface area contributed by atoms with Crippen LogP contribution < -0.4 is 0 Å². The van der Waals surface area contributed by atoms with Crippen LogP contribution in [0.25, 0.3) is 11.5 Å². The van der Waals surface area contributed by atoms with Gasteiger partial charge in [0, 0.05) is 31.7 Å². The summed E-state index contributed by atoms with van der Waals surface area (Å²) in [5.74, 6) is 0.403. The molecule has 0 bridgehead atoms. The molecule has 4 rings (SSSR count). The van der Waals surface area contributed by atoms with Crippen molar-refractivity contribution < 1.29 is 22.4 Å². The highest BCUT2D eigenvalue weighted by atomic mass is 32.2. The Bertz CT molecular complexity index is 1040. The average Bonchev–Trinajstić information content (AvgIpc) is 3.27. The first-order valence-electron chi connectivity index (χ1n) is 10.8. The van der Waals surface area contributed by atoms with Gasteiger partial charge in [0.05, 0.1) is 22.9 Å². The van der Waals surface area contributed by atoms with Crippen LogP contribution in [-0.4, -0.2) is 77.9 Å². The second kappa shape index (κ2) is 9.90. The molecule has 1 aromatic carbocycles. The van der Waals surface area contributed by atoms with Gasteiger partial charge < -0.3 is 14.1 Å². The van der Waals surface area contributed by atoms with Crippen molar-refractivity contribution in [3.05, 3.63) is 24.3 Å². The van der Waals surface area contributed by atoms with E-state index in [1.54, 1.807) is 29.2 Å². The minimum absolute atomic E-state index is 0.00799. The molecule has 0 radical (unpaired) electrons. The van der Waals surface area contributed by atoms with E-state index < -0.39 is 10.0 Å². The number of ether oxygens (including phenoxy) is 1. The van der Waals surface area contributed by atoms with Gasteiger partial charge >= 0.3 is 0 Å². The summed E-state index contributed by atoms with van der Waals surface area (Å²) in [4.78, 5) is 14.5. The summed E-state index contributed by atoms with van der Waals surface area (Å²) in [7, 11) is -3.55. The van der Waals surface area contributed by atoms with E-state index in [0.29, 0.717) is 31.7 Å². The Hall–Kier alpha value is -1.95. The molecule has 2 unspecified atom stereocenters. The first-order chi connectivity index (χ1) is 15.3. The van der Waals surface area contributed by atoms with E-state index in [4.69, 9.17) is 9.15 Å². The van der Waals surface area contributed by atoms with Crippen LogP contribution in [0.5, 0.6) is 0 Å². The molecular weight excluding hydrogens is 452 g/mol. The first kappa shape index (κ1) is 23.2. The predicted octanol–water partition coefficient (Wildman–Crippen LogP) is 2.64. The van der Waals surface area contributed by atoms with Crippen LogP contribution >= 0.6 is 11.8 Å². The van der Waals surface area contributed by atoms with Crippen LogP contribution in [0.3, 0.4) is 0 Å². The maximum Gasteiger partial charge on any atom is 0.277 e. The van der Waals surface area contributed by atoms with Gasteiger partial charge in [-0.1, -0.05) is 24.2 Å². The molecule has 1 amide bonds. The van der Waals surface area contributed by atoms with E-state index in [-0.39, 0.29) is 39.9 Å². The third-order valence-electron chi connectivity index (χ3n) is 5.53. The van der Waals surface area contributed by atoms with Crippen LogP contribution in [0, 0.1) is 0 Å². The SMILES string of the molecule is CC1CN(C(=O)CSc2nnc(-c3cccc(S(=O)(=O)N4CCCCC4)c3)o2)CC(C)O1. The van der Waals surface area contributed by atoms with E-state index in [9.17, 15) is 13.2 Å². The fourth-order valence-corrected chi connectivity index (χ4v) is 6.25. The number of amides is 1. The Morgan fingerprint density at radius 3 is 2.56 bits per heavy atom. The summed E-state index contributed by atoms with van der Waals surface area (Å²) in [5.41, 5.74) is 0.532. The van der Waals surface area contributed by atoms with Crippen LogP contribution in [0.1, 0.15) is 33.1 Å². The van der Waals surface area contributed by atoms with Crippen molar-refractivity contribution in [1.29, 1.82) is 0 Å². The molecule has 2 atom stereocenters. The lowest BCUT2D eigenvalue weighted by molar-refractivity contribution is -0.140. The number of piperidine rings is 1. The molecule has 2 saturated heterocycles. The Balaban J connectivity index is 1.41. The molecule has 9 nitrogen and oxygen atoms in total. The summed E-state index contributed by atoms with van der Waals surface area (Å²) >= 11 is 1.17. The van der Waals surface area contributed by atoms with Crippen LogP contribution in [0.4, 0.5) is 0 Å². The van der Waals surface area contributed by atoms with E-state index in [2.05, 4.69) is 10.2 Å². The molecule has 1 aromatic heterocycles. The van der Waals surface area contributed by atoms with Crippen molar-refractivity contribution in [2.24, 2.45) is 0 Å². The van der Waals surface area contributed by atoms with E-state index >= 15 is 0 Å². The molecule has 3 heterocycles. The number of rotatable bonds is 6. The fourth-order valence-electron chi connectivity index (χ4n) is 4.02. The largest absolute Gasteiger partial charge is 0.411 e. The minimum Gasteiger partial charge on any atom is -0.411 e. The number of hydrogen-bond donors (Lipinski definition) is 0. The molecule has 0 spiro atoms. The average molecular weight is 481 g/mol. The van der Waals surface area contributed by atoms with Crippen LogP contribution in [0.2, 0.25) is 0 Å². The number of nitrogens with zero attached hydrogens (tertiary/aromatic N) is 4. The zero-order valence-corrected chi connectivity index (χ0v) is 19.9. The monoisotopic (exact) mass is 480 g/mol. The Morgan fingerprint density at radius 2 is 1.84 bits per heavy atom. The fraction of sp³-hybridized carbons (Fsp3) is 0.571. The van der Waals surface area contributed by atoms with Crippen molar-refractivity contribution in [3.63, 3.8) is 0 Å². The van der Waals surface area contributed by atoms with Crippen molar-refractivity contribution >= 4 is 27.7 Å². The van der Waals surface area contributed by atoms with E-state index in [1.165, 1.54) is 16.1 Å². The lowest BCUT2D eigenvalue weighted by atomic mass is 10.2. The maximum atomic E-state index is 13.0. The smallest absolute Gasteiger partial charge is 0.277 e. The summed E-state index contributed by atoms with van der Waals surface area (Å²) in [5, 5.41) is 8.33. The molecule has 11 heteroatoms. The highest BCUT2D eigenvalue weighted by molar-refractivity contribution is 7.99. The zero-order valence-electron chi connectivity index (χ0n) is 18.3. The Labute approximate surface area is 192 Å². The van der Waals surface area contributed by atoms with Crippen LogP contribution in [-0.2, 0) is 19.6 Å². The minimum atomic E-state index is -3.55. The summed E-state index contributed by atoms with van der Waals surface area (Å²) < 4.78 is 38.8. The number of aromatic nitrogens is 2. The number of benzene rings is 1. The quantitative estimate of drug-likeness (QED) is 0.581. The summed E-state index contributed by atoms with van der Waals surface area (Å²) in [6.45, 7) is 6.12. The number of carbonyl (C=O) groups excluding carboxylic acids is 1. The van der Waals surface area contributed by atoms with Gasteiger partial charge in [-0.2, -0.15) is 4.31 Å². The molecule has 2 aliphatic rings. The molecule has 0 saturated carbocycles. The highest BCUT2D eigenvalue weighted by Crippen LogP contribution is 2.27. The zero-order chi connectivity index (χ0) is 22.7. The third-order valence-corrected chi connectivity index (χ3v) is 8.23. The van der Waals surface area contributed by atoms with E-state index in [0.717, 1.165) is 19.3 Å². The number of morpholine rings is 1. The molecule has 0 N–H and O–H groups in total.